The quantitative estimate of drug-likeness (QED) is 0.320. The minimum atomic E-state index is -3.85. The molecule has 48 heavy (non-hydrogen) atoms. The van der Waals surface area contributed by atoms with Gasteiger partial charge in [-0.1, -0.05) is 25.1 Å². The van der Waals surface area contributed by atoms with Crippen LogP contribution in [-0.4, -0.2) is 93.3 Å². The highest BCUT2D eigenvalue weighted by Crippen LogP contribution is 2.29. The number of nitrogens with zero attached hydrogens (tertiary/aromatic N) is 2. The third-order valence-electron chi connectivity index (χ3n) is 8.55. The number of likely N-dealkylation sites (N-methyl/N-ethyl adjacent to an activating group) is 1. The second-order valence-corrected chi connectivity index (χ2v) is 14.3. The van der Waals surface area contributed by atoms with Crippen molar-refractivity contribution < 1.29 is 37.3 Å². The van der Waals surface area contributed by atoms with E-state index in [-0.39, 0.29) is 48.1 Å². The lowest BCUT2D eigenvalue weighted by Gasteiger charge is -2.35. The van der Waals surface area contributed by atoms with E-state index < -0.39 is 28.1 Å². The number of fused-ring (bicyclic) bond motifs is 1. The summed E-state index contributed by atoms with van der Waals surface area (Å²) >= 11 is 0. The highest BCUT2D eigenvalue weighted by molar-refractivity contribution is 7.89. The van der Waals surface area contributed by atoms with Crippen molar-refractivity contribution in [3.05, 3.63) is 83.9 Å². The van der Waals surface area contributed by atoms with Crippen molar-refractivity contribution in [3.63, 3.8) is 0 Å². The van der Waals surface area contributed by atoms with E-state index in [1.54, 1.807) is 66.4 Å². The van der Waals surface area contributed by atoms with Crippen molar-refractivity contribution in [2.75, 3.05) is 45.8 Å². The molecule has 4 atom stereocenters. The Balaban J connectivity index is 1.64. The fourth-order valence-corrected chi connectivity index (χ4v) is 6.72. The number of hydrogen-bond acceptors (Lipinski definition) is 8. The molecule has 260 valence electrons. The Labute approximate surface area is 283 Å². The average Bonchev–Trinajstić information content (AvgIpc) is 3.09. The summed E-state index contributed by atoms with van der Waals surface area (Å²) in [5.41, 5.74) is 1.14. The number of rotatable bonds is 9. The minimum Gasteiger partial charge on any atom is -0.497 e. The van der Waals surface area contributed by atoms with Gasteiger partial charge in [0, 0.05) is 43.9 Å². The number of benzene rings is 3. The highest BCUT2D eigenvalue weighted by Gasteiger charge is 2.32. The Bertz CT molecular complexity index is 1620. The zero-order valence-corrected chi connectivity index (χ0v) is 29.1. The smallest absolute Gasteiger partial charge is 0.258 e. The summed E-state index contributed by atoms with van der Waals surface area (Å²) in [7, 11) is -0.818. The van der Waals surface area contributed by atoms with Gasteiger partial charge in [0.25, 0.3) is 11.8 Å². The third-order valence-corrected chi connectivity index (χ3v) is 10.4. The molecule has 12 heteroatoms. The Kier molecular flexibility index (Phi) is 13.0. The van der Waals surface area contributed by atoms with Crippen LogP contribution in [0.3, 0.4) is 0 Å². The van der Waals surface area contributed by atoms with Crippen LogP contribution in [0.4, 0.5) is 5.69 Å². The van der Waals surface area contributed by atoms with E-state index in [1.165, 1.54) is 30.6 Å². The van der Waals surface area contributed by atoms with Crippen LogP contribution < -0.4 is 14.8 Å². The van der Waals surface area contributed by atoms with Gasteiger partial charge >= 0.3 is 0 Å². The van der Waals surface area contributed by atoms with Crippen molar-refractivity contribution in [1.82, 2.24) is 9.21 Å². The molecular formula is C36H47N3O8S. The fourth-order valence-electron chi connectivity index (χ4n) is 5.53. The van der Waals surface area contributed by atoms with E-state index in [4.69, 9.17) is 14.2 Å². The molecule has 0 spiro atoms. The van der Waals surface area contributed by atoms with Crippen LogP contribution in [0.25, 0.3) is 0 Å². The normalized spacial score (nSPS) is 20.3. The lowest BCUT2D eigenvalue weighted by Crippen LogP contribution is -2.48. The molecule has 4 rings (SSSR count). The number of carbonyl (C=O) groups is 2. The number of sulfonamides is 1. The highest BCUT2D eigenvalue weighted by atomic mass is 32.2. The number of anilines is 1. The molecule has 0 aliphatic carbocycles. The molecule has 0 radical (unpaired) electrons. The molecular weight excluding hydrogens is 634 g/mol. The largest absolute Gasteiger partial charge is 0.497 e. The van der Waals surface area contributed by atoms with Gasteiger partial charge in [-0.05, 0) is 87.7 Å². The molecule has 3 aromatic carbocycles. The Morgan fingerprint density at radius 3 is 2.46 bits per heavy atom. The van der Waals surface area contributed by atoms with Gasteiger partial charge in [-0.2, -0.15) is 4.31 Å². The molecule has 0 aromatic heterocycles. The lowest BCUT2D eigenvalue weighted by atomic mass is 10.0. The molecule has 0 unspecified atom stereocenters. The van der Waals surface area contributed by atoms with Gasteiger partial charge in [-0.3, -0.25) is 9.59 Å². The molecule has 1 aliphatic rings. The Morgan fingerprint density at radius 1 is 1.08 bits per heavy atom. The monoisotopic (exact) mass is 681 g/mol. The number of carbonyl (C=O) groups excluding carboxylic acids is 2. The van der Waals surface area contributed by atoms with E-state index in [9.17, 15) is 23.1 Å². The van der Waals surface area contributed by atoms with Crippen LogP contribution in [0, 0.1) is 5.92 Å². The number of aliphatic hydroxyl groups is 1. The summed E-state index contributed by atoms with van der Waals surface area (Å²) in [6.45, 7) is 5.91. The predicted molar refractivity (Wildman–Crippen MR) is 184 cm³/mol. The summed E-state index contributed by atoms with van der Waals surface area (Å²) in [6, 6.07) is 19.4. The van der Waals surface area contributed by atoms with Gasteiger partial charge in [0.05, 0.1) is 42.4 Å². The van der Waals surface area contributed by atoms with E-state index >= 15 is 0 Å². The molecule has 11 nitrogen and oxygen atoms in total. The average molecular weight is 682 g/mol. The SMILES string of the molecule is COc1ccc(S(=O)(=O)N(C)C[C@H]2OCCCC[C@H](C)Oc3ccc(NC(=O)c4ccccc4)cc3C(=O)N([C@H](C)CO)C[C@@H]2C)cc1. The molecule has 0 saturated heterocycles. The van der Waals surface area contributed by atoms with E-state index in [2.05, 4.69) is 5.32 Å². The maximum Gasteiger partial charge on any atom is 0.258 e. The summed E-state index contributed by atoms with van der Waals surface area (Å²) in [6.07, 6.45) is 1.45. The van der Waals surface area contributed by atoms with Gasteiger partial charge in [0.15, 0.2) is 0 Å². The number of nitrogens with one attached hydrogen (secondary N) is 1. The third kappa shape index (κ3) is 9.34. The van der Waals surface area contributed by atoms with E-state index in [0.29, 0.717) is 35.8 Å². The molecule has 0 fully saturated rings. The first-order chi connectivity index (χ1) is 22.9. The second kappa shape index (κ2) is 16.9. The zero-order valence-electron chi connectivity index (χ0n) is 28.3. The van der Waals surface area contributed by atoms with Crippen LogP contribution in [0.15, 0.2) is 77.7 Å². The molecule has 1 aliphatic heterocycles. The maximum absolute atomic E-state index is 14.4. The number of aliphatic hydroxyl groups excluding tert-OH is 1. The van der Waals surface area contributed by atoms with Crippen LogP contribution in [0.2, 0.25) is 0 Å². The Hall–Kier alpha value is -3.97. The fraction of sp³-hybridized carbons (Fsp3) is 0.444. The topological polar surface area (TPSA) is 135 Å². The predicted octanol–water partition coefficient (Wildman–Crippen LogP) is 5.06. The molecule has 2 N–H and O–H groups in total. The first-order valence-corrected chi connectivity index (χ1v) is 17.7. The van der Waals surface area contributed by atoms with Gasteiger partial charge in [0.1, 0.15) is 11.5 Å². The van der Waals surface area contributed by atoms with Crippen molar-refractivity contribution in [2.24, 2.45) is 5.92 Å². The van der Waals surface area contributed by atoms with Crippen molar-refractivity contribution in [1.29, 1.82) is 0 Å². The standard InChI is InChI=1S/C36H47N3O8S/c1-25-22-39(26(2)24-40)36(42)32-21-29(37-35(41)28-12-7-6-8-13-28)14-19-33(32)47-27(3)11-9-10-20-46-34(25)23-38(4)48(43,44)31-17-15-30(45-5)16-18-31/h6-8,12-19,21,25-27,34,40H,9-11,20,22-24H2,1-5H3,(H,37,41)/t25-,26+,27-,34+/m0/s1. The van der Waals surface area contributed by atoms with Crippen molar-refractivity contribution in [3.8, 4) is 11.5 Å². The number of hydrogen-bond donors (Lipinski definition) is 2. The summed E-state index contributed by atoms with van der Waals surface area (Å²) in [4.78, 5) is 29.0. The minimum absolute atomic E-state index is 0.0524. The van der Waals surface area contributed by atoms with Gasteiger partial charge in [-0.15, -0.1) is 0 Å². The lowest BCUT2D eigenvalue weighted by molar-refractivity contribution is -0.00834. The molecule has 2 amide bonds. The van der Waals surface area contributed by atoms with Crippen LogP contribution >= 0.6 is 0 Å². The van der Waals surface area contributed by atoms with Crippen LogP contribution in [0.5, 0.6) is 11.5 Å². The van der Waals surface area contributed by atoms with Crippen molar-refractivity contribution in [2.45, 2.75) is 63.2 Å². The number of ether oxygens (including phenoxy) is 3. The Morgan fingerprint density at radius 2 is 1.79 bits per heavy atom. The zero-order chi connectivity index (χ0) is 34.8. The molecule has 1 heterocycles. The van der Waals surface area contributed by atoms with Crippen molar-refractivity contribution >= 4 is 27.5 Å². The summed E-state index contributed by atoms with van der Waals surface area (Å²) < 4.78 is 46.1. The second-order valence-electron chi connectivity index (χ2n) is 12.3. The maximum atomic E-state index is 14.4. The van der Waals surface area contributed by atoms with Crippen LogP contribution in [-0.2, 0) is 14.8 Å². The molecule has 0 bridgehead atoms. The first-order valence-electron chi connectivity index (χ1n) is 16.3. The summed E-state index contributed by atoms with van der Waals surface area (Å²) in [5.74, 6) is -0.112. The molecule has 3 aromatic rings. The van der Waals surface area contributed by atoms with Gasteiger partial charge in [-0.25, -0.2) is 8.42 Å². The van der Waals surface area contributed by atoms with E-state index in [0.717, 1.165) is 12.8 Å². The first kappa shape index (κ1) is 36.9. The number of amides is 2. The van der Waals surface area contributed by atoms with Gasteiger partial charge < -0.3 is 29.5 Å². The number of methoxy groups -OCH3 is 1. The van der Waals surface area contributed by atoms with Gasteiger partial charge in [0.2, 0.25) is 10.0 Å². The van der Waals surface area contributed by atoms with Crippen LogP contribution in [0.1, 0.15) is 60.7 Å². The van der Waals surface area contributed by atoms with E-state index in [1.807, 2.05) is 19.9 Å². The molecule has 0 saturated carbocycles. The summed E-state index contributed by atoms with van der Waals surface area (Å²) in [5, 5.41) is 13.1.